The van der Waals surface area contributed by atoms with Crippen molar-refractivity contribution < 1.29 is 14.7 Å². The summed E-state index contributed by atoms with van der Waals surface area (Å²) in [6.07, 6.45) is 3.58. The predicted octanol–water partition coefficient (Wildman–Crippen LogP) is 1.43. The Hall–Kier alpha value is -1.32. The molecule has 0 radical (unpaired) electrons. The molecular formula is C11H19NO3. The molecule has 0 aliphatic carbocycles. The molecule has 0 aliphatic rings. The van der Waals surface area contributed by atoms with Crippen LogP contribution in [-0.2, 0) is 9.59 Å². The molecule has 0 saturated carbocycles. The number of hydrogen-bond acceptors (Lipinski definition) is 2. The molecule has 15 heavy (non-hydrogen) atoms. The Kier molecular flexibility index (Phi) is 6.42. The van der Waals surface area contributed by atoms with Gasteiger partial charge < -0.3 is 10.4 Å². The second kappa shape index (κ2) is 7.04. The normalized spacial score (nSPS) is 13.1. The fourth-order valence-corrected chi connectivity index (χ4v) is 1.27. The second-order valence-electron chi connectivity index (χ2n) is 3.91. The van der Waals surface area contributed by atoms with Crippen molar-refractivity contribution >= 4 is 11.9 Å². The fraction of sp³-hybridized carbons (Fsp3) is 0.636. The third-order valence-electron chi connectivity index (χ3n) is 1.95. The van der Waals surface area contributed by atoms with Gasteiger partial charge in [0.25, 0.3) is 0 Å². The van der Waals surface area contributed by atoms with E-state index in [2.05, 4.69) is 5.32 Å². The molecule has 4 nitrogen and oxygen atoms in total. The maximum Gasteiger partial charge on any atom is 0.308 e. The first-order valence-corrected chi connectivity index (χ1v) is 5.10. The molecule has 0 aromatic carbocycles. The minimum absolute atomic E-state index is 0.191. The number of hydrogen-bond donors (Lipinski definition) is 2. The lowest BCUT2D eigenvalue weighted by Gasteiger charge is -2.14. The van der Waals surface area contributed by atoms with E-state index in [0.717, 1.165) is 0 Å². The van der Waals surface area contributed by atoms with E-state index in [4.69, 9.17) is 5.11 Å². The van der Waals surface area contributed by atoms with Gasteiger partial charge >= 0.3 is 5.97 Å². The molecule has 0 saturated heterocycles. The highest BCUT2D eigenvalue weighted by atomic mass is 16.4. The lowest BCUT2D eigenvalue weighted by atomic mass is 9.97. The quantitative estimate of drug-likeness (QED) is 0.656. The summed E-state index contributed by atoms with van der Waals surface area (Å²) in [4.78, 5) is 21.9. The molecule has 0 bridgehead atoms. The fourth-order valence-electron chi connectivity index (χ4n) is 1.27. The molecule has 2 N–H and O–H groups in total. The van der Waals surface area contributed by atoms with Gasteiger partial charge in [0.2, 0.25) is 5.91 Å². The van der Waals surface area contributed by atoms with Crippen molar-refractivity contribution in [2.75, 3.05) is 6.54 Å². The predicted molar refractivity (Wildman–Crippen MR) is 58.4 cm³/mol. The summed E-state index contributed by atoms with van der Waals surface area (Å²) in [6, 6.07) is 0. The number of nitrogens with one attached hydrogen (secondary N) is 1. The number of amides is 1. The van der Waals surface area contributed by atoms with E-state index in [0.29, 0.717) is 12.3 Å². The standard InChI is InChI=1S/C11H19NO3/c1-4-5-10(13)12-7-9(11(14)15)6-8(2)3/h4-5,8-9H,6-7H2,1-3H3,(H,12,13)(H,14,15). The molecule has 1 atom stereocenters. The van der Waals surface area contributed by atoms with Crippen molar-refractivity contribution in [3.8, 4) is 0 Å². The minimum atomic E-state index is -0.857. The van der Waals surface area contributed by atoms with Crippen LogP contribution in [0.25, 0.3) is 0 Å². The molecule has 0 heterocycles. The van der Waals surface area contributed by atoms with Gasteiger partial charge in [-0.3, -0.25) is 9.59 Å². The summed E-state index contributed by atoms with van der Waals surface area (Å²) in [5.41, 5.74) is 0. The first kappa shape index (κ1) is 13.7. The number of carbonyl (C=O) groups is 2. The van der Waals surface area contributed by atoms with Gasteiger partial charge in [-0.05, 0) is 25.3 Å². The van der Waals surface area contributed by atoms with Crippen molar-refractivity contribution in [1.29, 1.82) is 0 Å². The molecule has 1 unspecified atom stereocenters. The highest BCUT2D eigenvalue weighted by Crippen LogP contribution is 2.10. The Labute approximate surface area is 90.4 Å². The number of aliphatic carboxylic acids is 1. The summed E-state index contributed by atoms with van der Waals surface area (Å²) in [5, 5.41) is 11.5. The monoisotopic (exact) mass is 213 g/mol. The van der Waals surface area contributed by atoms with Crippen molar-refractivity contribution in [3.63, 3.8) is 0 Å². The van der Waals surface area contributed by atoms with E-state index in [1.807, 2.05) is 13.8 Å². The Morgan fingerprint density at radius 3 is 2.40 bits per heavy atom. The SMILES string of the molecule is CC=CC(=O)NCC(CC(C)C)C(=O)O. The molecule has 0 aromatic rings. The number of carbonyl (C=O) groups excluding carboxylic acids is 1. The molecular weight excluding hydrogens is 194 g/mol. The van der Waals surface area contributed by atoms with Crippen LogP contribution in [-0.4, -0.2) is 23.5 Å². The molecule has 4 heteroatoms. The number of carboxylic acid groups (broad SMARTS) is 1. The van der Waals surface area contributed by atoms with Crippen molar-refractivity contribution in [3.05, 3.63) is 12.2 Å². The van der Waals surface area contributed by atoms with Gasteiger partial charge in [-0.2, -0.15) is 0 Å². The average molecular weight is 213 g/mol. The van der Waals surface area contributed by atoms with Crippen LogP contribution in [0.15, 0.2) is 12.2 Å². The summed E-state index contributed by atoms with van der Waals surface area (Å²) >= 11 is 0. The van der Waals surface area contributed by atoms with Gasteiger partial charge in [0.1, 0.15) is 0 Å². The van der Waals surface area contributed by atoms with Crippen LogP contribution in [0.1, 0.15) is 27.2 Å². The molecule has 0 aromatic heterocycles. The van der Waals surface area contributed by atoms with Crippen LogP contribution >= 0.6 is 0 Å². The van der Waals surface area contributed by atoms with E-state index in [-0.39, 0.29) is 12.5 Å². The van der Waals surface area contributed by atoms with E-state index in [1.54, 1.807) is 13.0 Å². The van der Waals surface area contributed by atoms with Crippen LogP contribution in [0.4, 0.5) is 0 Å². The third-order valence-corrected chi connectivity index (χ3v) is 1.95. The van der Waals surface area contributed by atoms with E-state index in [1.165, 1.54) is 6.08 Å². The molecule has 0 rings (SSSR count). The Morgan fingerprint density at radius 1 is 1.40 bits per heavy atom. The maximum atomic E-state index is 11.1. The van der Waals surface area contributed by atoms with Crippen molar-refractivity contribution in [1.82, 2.24) is 5.32 Å². The Morgan fingerprint density at radius 2 is 2.00 bits per heavy atom. The number of carboxylic acids is 1. The van der Waals surface area contributed by atoms with Crippen LogP contribution in [0, 0.1) is 11.8 Å². The smallest absolute Gasteiger partial charge is 0.308 e. The average Bonchev–Trinajstić information content (AvgIpc) is 2.11. The summed E-state index contributed by atoms with van der Waals surface area (Å²) in [7, 11) is 0. The Bertz CT molecular complexity index is 246. The first-order chi connectivity index (χ1) is 6.97. The lowest BCUT2D eigenvalue weighted by Crippen LogP contribution is -2.32. The second-order valence-corrected chi connectivity index (χ2v) is 3.91. The maximum absolute atomic E-state index is 11.1. The van der Waals surface area contributed by atoms with E-state index >= 15 is 0 Å². The van der Waals surface area contributed by atoms with Gasteiger partial charge in [0.05, 0.1) is 5.92 Å². The van der Waals surface area contributed by atoms with Crippen molar-refractivity contribution in [2.45, 2.75) is 27.2 Å². The topological polar surface area (TPSA) is 66.4 Å². The van der Waals surface area contributed by atoms with Gasteiger partial charge in [-0.25, -0.2) is 0 Å². The highest BCUT2D eigenvalue weighted by molar-refractivity contribution is 5.87. The van der Waals surface area contributed by atoms with E-state index < -0.39 is 11.9 Å². The summed E-state index contributed by atoms with van der Waals surface area (Å²) in [5.74, 6) is -1.29. The van der Waals surface area contributed by atoms with Gasteiger partial charge in [-0.15, -0.1) is 0 Å². The molecule has 86 valence electrons. The molecule has 0 aliphatic heterocycles. The van der Waals surface area contributed by atoms with Crippen LogP contribution < -0.4 is 5.32 Å². The number of allylic oxidation sites excluding steroid dienone is 1. The Balaban J connectivity index is 4.07. The molecule has 0 spiro atoms. The molecule has 1 amide bonds. The van der Waals surface area contributed by atoms with Gasteiger partial charge in [0, 0.05) is 6.54 Å². The zero-order chi connectivity index (χ0) is 11.8. The van der Waals surface area contributed by atoms with Gasteiger partial charge in [0.15, 0.2) is 0 Å². The van der Waals surface area contributed by atoms with E-state index in [9.17, 15) is 9.59 Å². The lowest BCUT2D eigenvalue weighted by molar-refractivity contribution is -0.142. The number of rotatable bonds is 6. The summed E-state index contributed by atoms with van der Waals surface area (Å²) < 4.78 is 0. The zero-order valence-electron chi connectivity index (χ0n) is 9.49. The third kappa shape index (κ3) is 6.71. The first-order valence-electron chi connectivity index (χ1n) is 5.10. The van der Waals surface area contributed by atoms with Crippen LogP contribution in [0.5, 0.6) is 0 Å². The van der Waals surface area contributed by atoms with Crippen LogP contribution in [0.3, 0.4) is 0 Å². The largest absolute Gasteiger partial charge is 0.481 e. The van der Waals surface area contributed by atoms with Gasteiger partial charge in [-0.1, -0.05) is 19.9 Å². The zero-order valence-corrected chi connectivity index (χ0v) is 9.49. The van der Waals surface area contributed by atoms with Crippen LogP contribution in [0.2, 0.25) is 0 Å². The summed E-state index contributed by atoms with van der Waals surface area (Å²) in [6.45, 7) is 5.85. The molecule has 0 fully saturated rings. The van der Waals surface area contributed by atoms with Crippen molar-refractivity contribution in [2.24, 2.45) is 11.8 Å². The minimum Gasteiger partial charge on any atom is -0.481 e. The highest BCUT2D eigenvalue weighted by Gasteiger charge is 2.18.